The Kier molecular flexibility index (Phi) is 6.66. The summed E-state index contributed by atoms with van der Waals surface area (Å²) < 4.78 is 11.4. The number of urea groups is 1. The number of para-hydroxylation sites is 2. The Morgan fingerprint density at radius 3 is 2.26 bits per heavy atom. The minimum Gasteiger partial charge on any atom is -0.496 e. The van der Waals surface area contributed by atoms with Gasteiger partial charge >= 0.3 is 6.03 Å². The highest BCUT2D eigenvalue weighted by molar-refractivity contribution is 6.34. The molecule has 0 saturated carbocycles. The largest absolute Gasteiger partial charge is 0.496 e. The lowest BCUT2D eigenvalue weighted by Crippen LogP contribution is -2.51. The summed E-state index contributed by atoms with van der Waals surface area (Å²) >= 11 is 6.40. The molecule has 1 heterocycles. The number of nitrogens with two attached hydrogens (primary N) is 1. The standard InChI is InChI=1S/C26H25ClN4O4/c1-15-13-20(34-3)22(21(14-15)35-4)23-16-9-5-7-11-18(16)30(2)25(32)24(29-23)31(26(28)33)19-12-8-6-10-17(19)27/h5-14,24H,1-4H3,(H2,28,33). The number of likely N-dealkylation sites (N-methyl/N-ethyl adjacent to an activating group) is 1. The van der Waals surface area contributed by atoms with Crippen molar-refractivity contribution in [3.05, 3.63) is 82.4 Å². The monoisotopic (exact) mass is 492 g/mol. The molecule has 1 unspecified atom stereocenters. The fraction of sp³-hybridized carbons (Fsp3) is 0.192. The first-order chi connectivity index (χ1) is 16.8. The third kappa shape index (κ3) is 4.28. The van der Waals surface area contributed by atoms with Crippen molar-refractivity contribution in [1.82, 2.24) is 0 Å². The number of fused-ring (bicyclic) bond motifs is 1. The van der Waals surface area contributed by atoms with E-state index in [9.17, 15) is 9.59 Å². The highest BCUT2D eigenvalue weighted by atomic mass is 35.5. The third-order valence-corrected chi connectivity index (χ3v) is 6.12. The van der Waals surface area contributed by atoms with Gasteiger partial charge in [-0.15, -0.1) is 0 Å². The number of aryl methyl sites for hydroxylation is 1. The van der Waals surface area contributed by atoms with Crippen LogP contribution in [0.5, 0.6) is 11.5 Å². The normalized spacial score (nSPS) is 15.1. The van der Waals surface area contributed by atoms with Crippen molar-refractivity contribution in [3.63, 3.8) is 0 Å². The van der Waals surface area contributed by atoms with Crippen molar-refractivity contribution in [2.45, 2.75) is 13.1 Å². The highest BCUT2D eigenvalue weighted by Crippen LogP contribution is 2.38. The van der Waals surface area contributed by atoms with Crippen LogP contribution in [-0.2, 0) is 4.79 Å². The Bertz CT molecular complexity index is 1320. The molecular weight excluding hydrogens is 468 g/mol. The Labute approximate surface area is 208 Å². The Morgan fingerprint density at radius 1 is 1.06 bits per heavy atom. The average molecular weight is 493 g/mol. The number of hydrogen-bond acceptors (Lipinski definition) is 5. The lowest BCUT2D eigenvalue weighted by molar-refractivity contribution is -0.119. The van der Waals surface area contributed by atoms with Gasteiger partial charge in [0.25, 0.3) is 5.91 Å². The number of ether oxygens (including phenoxy) is 2. The number of methoxy groups -OCH3 is 2. The molecular formula is C26H25ClN4O4. The van der Waals surface area contributed by atoms with Gasteiger partial charge in [-0.2, -0.15) is 0 Å². The maximum atomic E-state index is 13.7. The van der Waals surface area contributed by atoms with Crippen LogP contribution in [0.25, 0.3) is 0 Å². The Hall–Kier alpha value is -4.04. The van der Waals surface area contributed by atoms with Gasteiger partial charge in [-0.25, -0.2) is 9.79 Å². The molecule has 3 aromatic carbocycles. The topological polar surface area (TPSA) is 97.5 Å². The zero-order chi connectivity index (χ0) is 25.3. The summed E-state index contributed by atoms with van der Waals surface area (Å²) in [5, 5.41) is 0.255. The molecule has 2 N–H and O–H groups in total. The van der Waals surface area contributed by atoms with E-state index in [-0.39, 0.29) is 10.7 Å². The SMILES string of the molecule is COc1cc(C)cc(OC)c1C1=NC(N(C(N)=O)c2ccccc2Cl)C(=O)N(C)c2ccccc21. The molecule has 0 spiro atoms. The quantitative estimate of drug-likeness (QED) is 0.571. The number of benzene rings is 3. The predicted octanol–water partition coefficient (Wildman–Crippen LogP) is 4.39. The first-order valence-electron chi connectivity index (χ1n) is 10.8. The van der Waals surface area contributed by atoms with E-state index in [2.05, 4.69) is 0 Å². The van der Waals surface area contributed by atoms with Crippen molar-refractivity contribution < 1.29 is 19.1 Å². The molecule has 0 saturated heterocycles. The summed E-state index contributed by atoms with van der Waals surface area (Å²) in [7, 11) is 4.73. The molecule has 1 aliphatic heterocycles. The molecule has 0 radical (unpaired) electrons. The molecule has 0 fully saturated rings. The van der Waals surface area contributed by atoms with Gasteiger partial charge in [-0.05, 0) is 42.8 Å². The van der Waals surface area contributed by atoms with Gasteiger partial charge in [0.15, 0.2) is 0 Å². The molecule has 4 rings (SSSR count). The van der Waals surface area contributed by atoms with E-state index in [1.807, 2.05) is 43.3 Å². The number of benzodiazepines with no additional fused rings is 1. The average Bonchev–Trinajstić information content (AvgIpc) is 2.95. The van der Waals surface area contributed by atoms with Gasteiger partial charge in [0.2, 0.25) is 6.17 Å². The Balaban J connectivity index is 2.06. The fourth-order valence-corrected chi connectivity index (χ4v) is 4.39. The maximum Gasteiger partial charge on any atom is 0.321 e. The molecule has 180 valence electrons. The molecule has 9 heteroatoms. The van der Waals surface area contributed by atoms with Gasteiger partial charge in [0.05, 0.1) is 41.9 Å². The van der Waals surface area contributed by atoms with Gasteiger partial charge in [-0.3, -0.25) is 9.69 Å². The number of nitrogens with zero attached hydrogens (tertiary/aromatic N) is 3. The number of carbonyl (C=O) groups is 2. The van der Waals surface area contributed by atoms with Crippen LogP contribution in [-0.4, -0.2) is 45.1 Å². The van der Waals surface area contributed by atoms with E-state index in [4.69, 9.17) is 31.8 Å². The van der Waals surface area contributed by atoms with E-state index in [1.54, 1.807) is 45.5 Å². The van der Waals surface area contributed by atoms with Crippen LogP contribution in [0.3, 0.4) is 0 Å². The molecule has 3 amide bonds. The van der Waals surface area contributed by atoms with Crippen LogP contribution < -0.4 is 25.0 Å². The fourth-order valence-electron chi connectivity index (χ4n) is 4.17. The molecule has 0 bridgehead atoms. The van der Waals surface area contributed by atoms with E-state index < -0.39 is 18.1 Å². The maximum absolute atomic E-state index is 13.7. The number of halogens is 1. The zero-order valence-corrected chi connectivity index (χ0v) is 20.5. The molecule has 3 aromatic rings. The van der Waals surface area contributed by atoms with Crippen LogP contribution in [0.1, 0.15) is 16.7 Å². The third-order valence-electron chi connectivity index (χ3n) is 5.80. The number of anilines is 2. The van der Waals surface area contributed by atoms with Gasteiger partial charge in [0, 0.05) is 12.6 Å². The number of primary amides is 1. The lowest BCUT2D eigenvalue weighted by Gasteiger charge is -2.29. The minimum absolute atomic E-state index is 0.255. The molecule has 8 nitrogen and oxygen atoms in total. The summed E-state index contributed by atoms with van der Waals surface area (Å²) in [5.41, 5.74) is 9.20. The summed E-state index contributed by atoms with van der Waals surface area (Å²) in [6.07, 6.45) is -1.34. The molecule has 0 aliphatic carbocycles. The number of hydrogen-bond donors (Lipinski definition) is 1. The predicted molar refractivity (Wildman–Crippen MR) is 137 cm³/mol. The molecule has 0 aromatic heterocycles. The number of amides is 3. The second-order valence-electron chi connectivity index (χ2n) is 7.97. The Morgan fingerprint density at radius 2 is 1.66 bits per heavy atom. The summed E-state index contributed by atoms with van der Waals surface area (Å²) in [6.45, 7) is 1.92. The van der Waals surface area contributed by atoms with Gasteiger partial charge in [-0.1, -0.05) is 41.9 Å². The first-order valence-corrected chi connectivity index (χ1v) is 11.2. The van der Waals surface area contributed by atoms with Crippen LogP contribution in [0.15, 0.2) is 65.7 Å². The summed E-state index contributed by atoms with van der Waals surface area (Å²) in [5.74, 6) is 0.556. The first kappa shape index (κ1) is 24.1. The van der Waals surface area contributed by atoms with E-state index in [1.165, 1.54) is 4.90 Å². The van der Waals surface area contributed by atoms with Crippen LogP contribution in [0.4, 0.5) is 16.2 Å². The van der Waals surface area contributed by atoms with Crippen molar-refractivity contribution in [3.8, 4) is 11.5 Å². The number of aliphatic imine (C=N–C) groups is 1. The minimum atomic E-state index is -1.34. The van der Waals surface area contributed by atoms with Crippen LogP contribution in [0, 0.1) is 6.92 Å². The zero-order valence-electron chi connectivity index (χ0n) is 19.8. The second kappa shape index (κ2) is 9.68. The van der Waals surface area contributed by atoms with Crippen LogP contribution in [0.2, 0.25) is 5.02 Å². The number of carbonyl (C=O) groups excluding carboxylic acids is 2. The molecule has 1 aliphatic rings. The lowest BCUT2D eigenvalue weighted by atomic mass is 9.97. The van der Waals surface area contributed by atoms with Gasteiger partial charge < -0.3 is 20.1 Å². The van der Waals surface area contributed by atoms with Gasteiger partial charge in [0.1, 0.15) is 11.5 Å². The smallest absolute Gasteiger partial charge is 0.321 e. The summed E-state index contributed by atoms with van der Waals surface area (Å²) in [4.78, 5) is 33.9. The molecule has 35 heavy (non-hydrogen) atoms. The van der Waals surface area contributed by atoms with Crippen LogP contribution >= 0.6 is 11.6 Å². The van der Waals surface area contributed by atoms with E-state index in [0.717, 1.165) is 10.5 Å². The summed E-state index contributed by atoms with van der Waals surface area (Å²) in [6, 6.07) is 16.8. The second-order valence-corrected chi connectivity index (χ2v) is 8.38. The highest BCUT2D eigenvalue weighted by Gasteiger charge is 2.38. The van der Waals surface area contributed by atoms with Crippen molar-refractivity contribution in [1.29, 1.82) is 0 Å². The van der Waals surface area contributed by atoms with Crippen molar-refractivity contribution in [2.75, 3.05) is 31.1 Å². The van der Waals surface area contributed by atoms with E-state index in [0.29, 0.717) is 34.0 Å². The molecule has 1 atom stereocenters. The van der Waals surface area contributed by atoms with Crippen molar-refractivity contribution in [2.24, 2.45) is 10.7 Å². The number of rotatable bonds is 5. The van der Waals surface area contributed by atoms with E-state index >= 15 is 0 Å². The van der Waals surface area contributed by atoms with Crippen molar-refractivity contribution >= 4 is 40.6 Å².